The molecule has 0 bridgehead atoms. The summed E-state index contributed by atoms with van der Waals surface area (Å²) in [5, 5.41) is 6.98. The fourth-order valence-electron chi connectivity index (χ4n) is 3.43. The number of carbonyl (C=O) groups is 1. The molecule has 32 heavy (non-hydrogen) atoms. The van der Waals surface area contributed by atoms with Crippen LogP contribution in [0.3, 0.4) is 0 Å². The first-order chi connectivity index (χ1) is 15.8. The van der Waals surface area contributed by atoms with Crippen molar-refractivity contribution in [3.63, 3.8) is 0 Å². The van der Waals surface area contributed by atoms with Crippen LogP contribution in [0.25, 0.3) is 16.9 Å². The summed E-state index contributed by atoms with van der Waals surface area (Å²) in [7, 11) is 0. The van der Waals surface area contributed by atoms with Gasteiger partial charge in [-0.3, -0.25) is 14.8 Å². The van der Waals surface area contributed by atoms with Crippen molar-refractivity contribution in [1.82, 2.24) is 24.7 Å². The third-order valence-corrected chi connectivity index (χ3v) is 5.03. The lowest BCUT2D eigenvalue weighted by Gasteiger charge is -2.13. The molecular weight excluding hydrogens is 408 g/mol. The number of pyridine rings is 3. The zero-order chi connectivity index (χ0) is 21.8. The monoisotopic (exact) mass is 428 g/mol. The molecular formula is C23H20N6O3. The van der Waals surface area contributed by atoms with Crippen molar-refractivity contribution in [2.24, 2.45) is 5.16 Å². The van der Waals surface area contributed by atoms with Gasteiger partial charge in [-0.05, 0) is 36.4 Å². The number of oxime groups is 1. The van der Waals surface area contributed by atoms with E-state index in [0.29, 0.717) is 30.9 Å². The van der Waals surface area contributed by atoms with Crippen LogP contribution in [0.1, 0.15) is 16.8 Å². The lowest BCUT2D eigenvalue weighted by molar-refractivity contribution is 0.0471. The summed E-state index contributed by atoms with van der Waals surface area (Å²) >= 11 is 0. The van der Waals surface area contributed by atoms with Gasteiger partial charge in [-0.1, -0.05) is 5.16 Å². The first kappa shape index (κ1) is 19.7. The smallest absolute Gasteiger partial charge is 0.253 e. The predicted molar refractivity (Wildman–Crippen MR) is 117 cm³/mol. The van der Waals surface area contributed by atoms with Gasteiger partial charge in [-0.15, -0.1) is 0 Å². The Morgan fingerprint density at radius 3 is 3.00 bits per heavy atom. The molecule has 1 amide bonds. The van der Waals surface area contributed by atoms with Crippen LogP contribution in [0.15, 0.2) is 78.7 Å². The van der Waals surface area contributed by atoms with Crippen LogP contribution in [0.5, 0.6) is 5.75 Å². The Kier molecular flexibility index (Phi) is 5.44. The first-order valence-electron chi connectivity index (χ1n) is 10.2. The van der Waals surface area contributed by atoms with Gasteiger partial charge in [0.05, 0.1) is 17.8 Å². The molecule has 0 aliphatic carbocycles. The molecule has 1 N–H and O–H groups in total. The predicted octanol–water partition coefficient (Wildman–Crippen LogP) is 2.75. The van der Waals surface area contributed by atoms with E-state index < -0.39 is 0 Å². The molecule has 0 radical (unpaired) electrons. The largest absolute Gasteiger partial charge is 0.487 e. The van der Waals surface area contributed by atoms with E-state index in [2.05, 4.69) is 25.4 Å². The number of fused-ring (bicyclic) bond motifs is 1. The molecule has 0 aromatic carbocycles. The van der Waals surface area contributed by atoms with Crippen LogP contribution in [-0.4, -0.2) is 50.2 Å². The van der Waals surface area contributed by atoms with E-state index in [1.807, 2.05) is 24.3 Å². The van der Waals surface area contributed by atoms with Crippen LogP contribution in [0.4, 0.5) is 0 Å². The molecule has 1 atom stereocenters. The van der Waals surface area contributed by atoms with E-state index in [1.54, 1.807) is 53.7 Å². The minimum atomic E-state index is -0.230. The molecule has 4 aromatic heterocycles. The van der Waals surface area contributed by atoms with Crippen LogP contribution in [0.2, 0.25) is 0 Å². The van der Waals surface area contributed by atoms with Crippen LogP contribution >= 0.6 is 0 Å². The van der Waals surface area contributed by atoms with E-state index in [0.717, 1.165) is 22.6 Å². The normalized spacial score (nSPS) is 15.2. The maximum atomic E-state index is 12.5. The van der Waals surface area contributed by atoms with Crippen molar-refractivity contribution < 1.29 is 14.4 Å². The Morgan fingerprint density at radius 2 is 2.09 bits per heavy atom. The second-order valence-corrected chi connectivity index (χ2v) is 7.29. The van der Waals surface area contributed by atoms with Crippen molar-refractivity contribution in [3.05, 3.63) is 79.1 Å². The number of rotatable bonds is 7. The number of nitrogens with one attached hydrogen (secondary N) is 1. The summed E-state index contributed by atoms with van der Waals surface area (Å²) in [5.41, 5.74) is 3.70. The molecule has 1 unspecified atom stereocenters. The van der Waals surface area contributed by atoms with E-state index in [9.17, 15) is 4.79 Å². The van der Waals surface area contributed by atoms with Gasteiger partial charge in [-0.25, -0.2) is 4.98 Å². The lowest BCUT2D eigenvalue weighted by atomic mass is 10.1. The number of nitrogens with zero attached hydrogens (tertiary/aromatic N) is 5. The highest BCUT2D eigenvalue weighted by Gasteiger charge is 2.23. The molecule has 9 heteroatoms. The van der Waals surface area contributed by atoms with E-state index in [4.69, 9.17) is 9.57 Å². The molecule has 1 aliphatic heterocycles. The quantitative estimate of drug-likeness (QED) is 0.486. The maximum Gasteiger partial charge on any atom is 0.253 e. The van der Waals surface area contributed by atoms with Gasteiger partial charge in [0.25, 0.3) is 5.91 Å². The van der Waals surface area contributed by atoms with Crippen LogP contribution in [0, 0.1) is 0 Å². The fraction of sp³-hybridized carbons (Fsp3) is 0.174. The first-order valence-corrected chi connectivity index (χ1v) is 10.2. The summed E-state index contributed by atoms with van der Waals surface area (Å²) in [6.45, 7) is 0.627. The number of ether oxygens (including phenoxy) is 1. The van der Waals surface area contributed by atoms with Gasteiger partial charge >= 0.3 is 0 Å². The Balaban J connectivity index is 1.13. The van der Waals surface area contributed by atoms with Gasteiger partial charge < -0.3 is 19.3 Å². The zero-order valence-electron chi connectivity index (χ0n) is 17.1. The highest BCUT2D eigenvalue weighted by atomic mass is 16.7. The summed E-state index contributed by atoms with van der Waals surface area (Å²) in [6.07, 6.45) is 10.8. The third-order valence-electron chi connectivity index (χ3n) is 5.03. The molecule has 1 aliphatic rings. The van der Waals surface area contributed by atoms with E-state index in [1.165, 1.54) is 0 Å². The topological polar surface area (TPSA) is 103 Å². The van der Waals surface area contributed by atoms with Crippen LogP contribution < -0.4 is 10.1 Å². The molecule has 160 valence electrons. The van der Waals surface area contributed by atoms with Gasteiger partial charge in [0.2, 0.25) is 0 Å². The average Bonchev–Trinajstić information content (AvgIpc) is 3.51. The third kappa shape index (κ3) is 4.27. The minimum Gasteiger partial charge on any atom is -0.487 e. The Bertz CT molecular complexity index is 1270. The van der Waals surface area contributed by atoms with Gasteiger partial charge in [0.1, 0.15) is 23.7 Å². The van der Waals surface area contributed by atoms with Crippen molar-refractivity contribution in [2.45, 2.75) is 12.5 Å². The molecule has 4 aromatic rings. The molecule has 5 heterocycles. The number of amides is 1. The Hall–Kier alpha value is -4.27. The van der Waals surface area contributed by atoms with Gasteiger partial charge in [0.15, 0.2) is 6.10 Å². The van der Waals surface area contributed by atoms with Gasteiger partial charge in [-0.2, -0.15) is 0 Å². The van der Waals surface area contributed by atoms with E-state index >= 15 is 0 Å². The molecule has 5 rings (SSSR count). The fourth-order valence-corrected chi connectivity index (χ4v) is 3.43. The second kappa shape index (κ2) is 8.84. The molecule has 0 spiro atoms. The molecule has 0 saturated carbocycles. The number of hydrogen-bond acceptors (Lipinski definition) is 7. The summed E-state index contributed by atoms with van der Waals surface area (Å²) in [6, 6.07) is 11.0. The molecule has 0 fully saturated rings. The zero-order valence-corrected chi connectivity index (χ0v) is 17.1. The van der Waals surface area contributed by atoms with Crippen molar-refractivity contribution in [3.8, 4) is 17.0 Å². The van der Waals surface area contributed by atoms with Gasteiger partial charge in [0, 0.05) is 49.2 Å². The highest BCUT2D eigenvalue weighted by Crippen LogP contribution is 2.27. The molecule has 9 nitrogen and oxygen atoms in total. The standard InChI is InChI=1S/C23H20N6O3/c30-23(17-5-6-21-25-9-10-29(21)14-17)27-13-18-11-19(32-28-18)15-31-20-4-2-8-26-22(20)16-3-1-7-24-12-16/h1-10,12,14,19H,11,13,15H2,(H,27,30). The molecule has 0 saturated heterocycles. The van der Waals surface area contributed by atoms with Crippen molar-refractivity contribution in [1.29, 1.82) is 0 Å². The number of aromatic nitrogens is 4. The SMILES string of the molecule is O=C(NCC1=NOC(COc2cccnc2-c2cccnc2)C1)c1ccc2nccn2c1. The summed E-state index contributed by atoms with van der Waals surface area (Å²) in [4.78, 5) is 30.7. The lowest BCUT2D eigenvalue weighted by Crippen LogP contribution is -2.30. The Labute approximate surface area is 183 Å². The second-order valence-electron chi connectivity index (χ2n) is 7.29. The number of carbonyl (C=O) groups excluding carboxylic acids is 1. The average molecular weight is 428 g/mol. The van der Waals surface area contributed by atoms with E-state index in [-0.39, 0.29) is 12.0 Å². The van der Waals surface area contributed by atoms with Crippen molar-refractivity contribution >= 4 is 17.3 Å². The number of hydrogen-bond donors (Lipinski definition) is 1. The minimum absolute atomic E-state index is 0.181. The van der Waals surface area contributed by atoms with Crippen LogP contribution in [-0.2, 0) is 4.84 Å². The highest BCUT2D eigenvalue weighted by molar-refractivity contribution is 5.98. The van der Waals surface area contributed by atoms with Crippen molar-refractivity contribution in [2.75, 3.05) is 13.2 Å². The maximum absolute atomic E-state index is 12.5. The summed E-state index contributed by atoms with van der Waals surface area (Å²) < 4.78 is 7.77. The summed E-state index contributed by atoms with van der Waals surface area (Å²) in [5.74, 6) is 0.472. The Morgan fingerprint density at radius 1 is 1.16 bits per heavy atom. The number of imidazole rings is 1.